The van der Waals surface area contributed by atoms with E-state index >= 15 is 0 Å². The molecule has 0 saturated carbocycles. The van der Waals surface area contributed by atoms with Crippen LogP contribution in [-0.4, -0.2) is 70.5 Å². The molecule has 2 N–H and O–H groups in total. The maximum atomic E-state index is 12.8. The van der Waals surface area contributed by atoms with Crippen LogP contribution in [0.3, 0.4) is 0 Å². The highest BCUT2D eigenvalue weighted by atomic mass is 32.1. The number of benzene rings is 2. The minimum absolute atomic E-state index is 0.0915. The lowest BCUT2D eigenvalue weighted by Crippen LogP contribution is -2.44. The maximum Gasteiger partial charge on any atom is 0.573 e. The van der Waals surface area contributed by atoms with Crippen molar-refractivity contribution in [1.82, 2.24) is 24.8 Å². The molecule has 4 aromatic rings. The molecule has 14 heteroatoms. The van der Waals surface area contributed by atoms with Gasteiger partial charge in [-0.1, -0.05) is 11.3 Å². The third-order valence-corrected chi connectivity index (χ3v) is 7.54. The van der Waals surface area contributed by atoms with Crippen LogP contribution >= 0.6 is 11.3 Å². The van der Waals surface area contributed by atoms with Gasteiger partial charge in [0.05, 0.1) is 27.8 Å². The van der Waals surface area contributed by atoms with Gasteiger partial charge in [-0.3, -0.25) is 9.59 Å². The van der Waals surface area contributed by atoms with Gasteiger partial charge >= 0.3 is 6.36 Å². The minimum atomic E-state index is -4.78. The van der Waals surface area contributed by atoms with Crippen molar-refractivity contribution in [3.63, 3.8) is 0 Å². The lowest BCUT2D eigenvalue weighted by molar-refractivity contribution is -0.274. The molecule has 1 saturated heterocycles. The zero-order chi connectivity index (χ0) is 28.4. The van der Waals surface area contributed by atoms with Crippen molar-refractivity contribution in [2.75, 3.05) is 32.0 Å². The molecule has 1 fully saturated rings. The van der Waals surface area contributed by atoms with Crippen LogP contribution in [0.5, 0.6) is 5.75 Å². The molecule has 10 nitrogen and oxygen atoms in total. The number of imidazole rings is 1. The van der Waals surface area contributed by atoms with Gasteiger partial charge in [0, 0.05) is 45.0 Å². The molecule has 1 aliphatic rings. The molecule has 5 rings (SSSR count). The van der Waals surface area contributed by atoms with Crippen LogP contribution in [0.4, 0.5) is 24.3 Å². The van der Waals surface area contributed by atoms with Crippen molar-refractivity contribution in [1.29, 1.82) is 0 Å². The number of ether oxygens (including phenoxy) is 1. The Labute approximate surface area is 230 Å². The molecule has 210 valence electrons. The summed E-state index contributed by atoms with van der Waals surface area (Å²) in [4.78, 5) is 40.1. The Morgan fingerprint density at radius 3 is 2.65 bits per heavy atom. The summed E-state index contributed by atoms with van der Waals surface area (Å²) >= 11 is 1.15. The third-order valence-electron chi connectivity index (χ3n) is 6.61. The summed E-state index contributed by atoms with van der Waals surface area (Å²) < 4.78 is 43.9. The number of likely N-dealkylation sites (tertiary alicyclic amines) is 1. The molecule has 0 bridgehead atoms. The van der Waals surface area contributed by atoms with Gasteiger partial charge in [-0.2, -0.15) is 0 Å². The first-order chi connectivity index (χ1) is 19.1. The maximum absolute atomic E-state index is 12.8. The van der Waals surface area contributed by atoms with E-state index in [2.05, 4.69) is 30.3 Å². The summed E-state index contributed by atoms with van der Waals surface area (Å²) in [5.74, 6) is -0.0134. The summed E-state index contributed by atoms with van der Waals surface area (Å²) in [5.41, 5.74) is 2.16. The summed E-state index contributed by atoms with van der Waals surface area (Å²) in [5, 5.41) is 6.22. The number of hydrogen-bond acceptors (Lipinski definition) is 8. The number of nitrogens with one attached hydrogen (secondary N) is 2. The second kappa shape index (κ2) is 11.1. The zero-order valence-corrected chi connectivity index (χ0v) is 22.5. The number of aryl methyl sites for hydroxylation is 1. The molecule has 2 aromatic heterocycles. The molecule has 0 atom stereocenters. The van der Waals surface area contributed by atoms with Gasteiger partial charge in [-0.15, -0.1) is 13.2 Å². The van der Waals surface area contributed by atoms with Crippen LogP contribution < -0.4 is 15.4 Å². The molecule has 0 aliphatic carbocycles. The molecule has 0 radical (unpaired) electrons. The Bertz CT molecular complexity index is 1590. The molecule has 0 spiro atoms. The van der Waals surface area contributed by atoms with Crippen LogP contribution in [-0.2, 0) is 11.8 Å². The van der Waals surface area contributed by atoms with E-state index in [-0.39, 0.29) is 24.1 Å². The molecule has 2 aromatic carbocycles. The van der Waals surface area contributed by atoms with Gasteiger partial charge in [-0.05, 0) is 49.1 Å². The summed E-state index contributed by atoms with van der Waals surface area (Å²) in [6.07, 6.45) is -1.15. The normalized spacial score (nSPS) is 14.8. The van der Waals surface area contributed by atoms with E-state index < -0.39 is 6.36 Å². The molecule has 3 heterocycles. The van der Waals surface area contributed by atoms with Gasteiger partial charge in [0.2, 0.25) is 11.9 Å². The highest BCUT2D eigenvalue weighted by Gasteiger charge is 2.31. The molecule has 40 heavy (non-hydrogen) atoms. The zero-order valence-electron chi connectivity index (χ0n) is 21.7. The Balaban J connectivity index is 1.24. The van der Waals surface area contributed by atoms with E-state index in [4.69, 9.17) is 0 Å². The number of carbonyl (C=O) groups is 2. The fourth-order valence-corrected chi connectivity index (χ4v) is 5.47. The number of nitrogens with zero attached hydrogens (tertiary/aromatic N) is 5. The third kappa shape index (κ3) is 6.17. The fraction of sp³-hybridized carbons (Fsp3) is 0.346. The van der Waals surface area contributed by atoms with Gasteiger partial charge in [0.1, 0.15) is 5.75 Å². The van der Waals surface area contributed by atoms with Gasteiger partial charge in [-0.25, -0.2) is 9.97 Å². The average Bonchev–Trinajstić information content (AvgIpc) is 3.45. The number of thiazole rings is 1. The van der Waals surface area contributed by atoms with E-state index in [1.165, 1.54) is 18.2 Å². The van der Waals surface area contributed by atoms with E-state index in [1.54, 1.807) is 41.8 Å². The number of hydrogen-bond donors (Lipinski definition) is 2. The van der Waals surface area contributed by atoms with Crippen molar-refractivity contribution in [3.05, 3.63) is 42.0 Å². The molecule has 1 aliphatic heterocycles. The van der Waals surface area contributed by atoms with Crippen molar-refractivity contribution < 1.29 is 27.5 Å². The number of halogens is 3. The van der Waals surface area contributed by atoms with Crippen LogP contribution in [0.1, 0.15) is 23.2 Å². The van der Waals surface area contributed by atoms with Crippen LogP contribution in [0.25, 0.3) is 21.3 Å². The van der Waals surface area contributed by atoms with Crippen LogP contribution in [0.2, 0.25) is 0 Å². The van der Waals surface area contributed by atoms with Crippen molar-refractivity contribution in [3.8, 4) is 5.75 Å². The number of piperidine rings is 1. The number of aromatic nitrogens is 3. The number of rotatable bonds is 7. The fourth-order valence-electron chi connectivity index (χ4n) is 4.58. The second-order valence-corrected chi connectivity index (χ2v) is 10.4. The van der Waals surface area contributed by atoms with E-state index in [0.29, 0.717) is 51.4 Å². The standard InChI is InChI=1S/C26H26F3N7O3S/c1-30-13-15-7-9-36(10-8-15)22(37)14-31-23(38)16-3-6-20-19(11-16)32-24(35(20)2)34-25-33-18-5-4-17(12-21(18)40-25)39-26(27,28)29/h3-6,11-13,15H,7-10,14H2,1-2H3,(H,31,38)(H,32,33,34). The number of anilines is 2. The first kappa shape index (κ1) is 27.4. The average molecular weight is 574 g/mol. The minimum Gasteiger partial charge on any atom is -0.406 e. The monoisotopic (exact) mass is 573 g/mol. The summed E-state index contributed by atoms with van der Waals surface area (Å²) in [6, 6.07) is 8.98. The number of carbonyl (C=O) groups excluding carboxylic acids is 2. The summed E-state index contributed by atoms with van der Waals surface area (Å²) in [7, 11) is 3.53. The highest BCUT2D eigenvalue weighted by molar-refractivity contribution is 7.22. The topological polar surface area (TPSA) is 114 Å². The van der Waals surface area contributed by atoms with Gasteiger partial charge in [0.25, 0.3) is 5.91 Å². The first-order valence-electron chi connectivity index (χ1n) is 12.5. The molecule has 2 amide bonds. The molecular formula is C26H26F3N7O3S. The lowest BCUT2D eigenvalue weighted by atomic mass is 9.98. The predicted octanol–water partition coefficient (Wildman–Crippen LogP) is 4.49. The Kier molecular flexibility index (Phi) is 7.61. The number of fused-ring (bicyclic) bond motifs is 2. The van der Waals surface area contributed by atoms with Crippen molar-refractivity contribution in [2.45, 2.75) is 19.2 Å². The second-order valence-electron chi connectivity index (χ2n) is 9.33. The number of alkyl halides is 3. The van der Waals surface area contributed by atoms with E-state index in [0.717, 1.165) is 29.7 Å². The van der Waals surface area contributed by atoms with Crippen LogP contribution in [0, 0.1) is 5.92 Å². The van der Waals surface area contributed by atoms with Crippen LogP contribution in [0.15, 0.2) is 41.4 Å². The smallest absolute Gasteiger partial charge is 0.406 e. The van der Waals surface area contributed by atoms with Gasteiger partial charge < -0.3 is 29.8 Å². The quantitative estimate of drug-likeness (QED) is 0.315. The van der Waals surface area contributed by atoms with Gasteiger partial charge in [0.15, 0.2) is 5.13 Å². The summed E-state index contributed by atoms with van der Waals surface area (Å²) in [6.45, 7) is 1.18. The van der Waals surface area contributed by atoms with Crippen molar-refractivity contribution in [2.24, 2.45) is 18.0 Å². The first-order valence-corrected chi connectivity index (χ1v) is 13.3. The van der Waals surface area contributed by atoms with E-state index in [9.17, 15) is 22.8 Å². The van der Waals surface area contributed by atoms with E-state index in [1.807, 2.05) is 6.21 Å². The lowest BCUT2D eigenvalue weighted by Gasteiger charge is -2.30. The Morgan fingerprint density at radius 2 is 1.93 bits per heavy atom. The Hall–Kier alpha value is -4.20. The SMILES string of the molecule is CN=CC1CCN(C(=O)CNC(=O)c2ccc3c(c2)nc(Nc2nc4ccc(OC(F)(F)F)cc4s2)n3C)CC1. The number of amides is 2. The largest absolute Gasteiger partial charge is 0.573 e. The number of aliphatic imine (C=N–C) groups is 1. The van der Waals surface area contributed by atoms with Crippen molar-refractivity contribution >= 4 is 61.7 Å². The molecule has 0 unspecified atom stereocenters. The predicted molar refractivity (Wildman–Crippen MR) is 146 cm³/mol. The molecular weight excluding hydrogens is 547 g/mol. The highest BCUT2D eigenvalue weighted by Crippen LogP contribution is 2.33. The Morgan fingerprint density at radius 1 is 1.15 bits per heavy atom.